The van der Waals surface area contributed by atoms with E-state index in [1.807, 2.05) is 44.9 Å². The molecule has 0 bridgehead atoms. The number of hydrogen-bond acceptors (Lipinski definition) is 4. The lowest BCUT2D eigenvalue weighted by molar-refractivity contribution is 0.271. The van der Waals surface area contributed by atoms with Gasteiger partial charge in [-0.1, -0.05) is 0 Å². The molecule has 2 aromatic heterocycles. The number of aryl methyl sites for hydroxylation is 4. The minimum Gasteiger partial charge on any atom is -0.394 e. The minimum atomic E-state index is 0.0384. The molecule has 18 heavy (non-hydrogen) atoms. The molecular weight excluding hydrogens is 230 g/mol. The fraction of sp³-hybridized carbons (Fsp3) is 0.500. The summed E-state index contributed by atoms with van der Waals surface area (Å²) in [6, 6.07) is 3.99. The maximum absolute atomic E-state index is 9.23. The van der Waals surface area contributed by atoms with E-state index < -0.39 is 0 Å². The lowest BCUT2D eigenvalue weighted by atomic mass is 10.4. The van der Waals surface area contributed by atoms with Gasteiger partial charge in [-0.3, -0.25) is 0 Å². The van der Waals surface area contributed by atoms with Crippen molar-refractivity contribution in [3.05, 3.63) is 34.9 Å². The Morgan fingerprint density at radius 3 is 1.72 bits per heavy atom. The highest BCUT2D eigenvalue weighted by Crippen LogP contribution is 2.07. The Morgan fingerprint density at radius 2 is 1.44 bits per heavy atom. The first-order chi connectivity index (χ1) is 8.52. The number of aromatic nitrogens is 4. The van der Waals surface area contributed by atoms with Crippen molar-refractivity contribution in [3.63, 3.8) is 0 Å². The molecular formula is C12H19N5O. The highest BCUT2D eigenvalue weighted by molar-refractivity contribution is 5.13. The molecule has 0 saturated carbocycles. The maximum atomic E-state index is 9.23. The molecule has 1 N–H and O–H groups in total. The zero-order valence-electron chi connectivity index (χ0n) is 11.3. The largest absolute Gasteiger partial charge is 0.394 e. The maximum Gasteiger partial charge on any atom is 0.0838 e. The summed E-state index contributed by atoms with van der Waals surface area (Å²) in [5.41, 5.74) is 3.90. The summed E-state index contributed by atoms with van der Waals surface area (Å²) in [6.45, 7) is 8.33. The van der Waals surface area contributed by atoms with E-state index in [2.05, 4.69) is 10.2 Å². The van der Waals surface area contributed by atoms with Crippen LogP contribution >= 0.6 is 0 Å². The fourth-order valence-electron chi connectivity index (χ4n) is 2.06. The van der Waals surface area contributed by atoms with E-state index in [1.54, 1.807) is 9.58 Å². The average Bonchev–Trinajstić information content (AvgIpc) is 2.78. The molecule has 2 aromatic rings. The third-order valence-corrected chi connectivity index (χ3v) is 2.71. The molecule has 0 aromatic carbocycles. The van der Waals surface area contributed by atoms with Crippen LogP contribution < -0.4 is 5.12 Å². The Kier molecular flexibility index (Phi) is 3.38. The van der Waals surface area contributed by atoms with Gasteiger partial charge in [-0.25, -0.2) is 0 Å². The highest BCUT2D eigenvalue weighted by Gasteiger charge is 2.14. The molecule has 0 unspecified atom stereocenters. The van der Waals surface area contributed by atoms with Gasteiger partial charge in [0, 0.05) is 0 Å². The number of aliphatic hydroxyl groups excluding tert-OH is 1. The summed E-state index contributed by atoms with van der Waals surface area (Å²) >= 11 is 0. The van der Waals surface area contributed by atoms with Gasteiger partial charge in [0.1, 0.15) is 0 Å². The van der Waals surface area contributed by atoms with Gasteiger partial charge >= 0.3 is 0 Å². The average molecular weight is 249 g/mol. The summed E-state index contributed by atoms with van der Waals surface area (Å²) in [6.07, 6.45) is 0. The van der Waals surface area contributed by atoms with Gasteiger partial charge in [-0.2, -0.15) is 24.9 Å². The molecule has 0 aliphatic rings. The third-order valence-electron chi connectivity index (χ3n) is 2.71. The van der Waals surface area contributed by atoms with Crippen LogP contribution in [-0.4, -0.2) is 38.0 Å². The highest BCUT2D eigenvalue weighted by atomic mass is 16.3. The van der Waals surface area contributed by atoms with E-state index in [1.165, 1.54) is 0 Å². The van der Waals surface area contributed by atoms with Crippen molar-refractivity contribution in [2.24, 2.45) is 0 Å². The van der Waals surface area contributed by atoms with E-state index in [4.69, 9.17) is 0 Å². The van der Waals surface area contributed by atoms with Crippen LogP contribution in [0.1, 0.15) is 22.8 Å². The van der Waals surface area contributed by atoms with Crippen molar-refractivity contribution >= 4 is 0 Å². The van der Waals surface area contributed by atoms with Gasteiger partial charge in [0.25, 0.3) is 0 Å². The lowest BCUT2D eigenvalue weighted by Gasteiger charge is -2.25. The zero-order valence-corrected chi connectivity index (χ0v) is 11.3. The van der Waals surface area contributed by atoms with Gasteiger partial charge in [-0.05, 0) is 39.8 Å². The SMILES string of the molecule is Cc1cc(C)n(N(CCO)n2nc(C)cc2C)n1. The van der Waals surface area contributed by atoms with Crippen molar-refractivity contribution in [2.45, 2.75) is 27.7 Å². The van der Waals surface area contributed by atoms with Crippen LogP contribution in [-0.2, 0) is 0 Å². The molecule has 6 heteroatoms. The Morgan fingerprint density at radius 1 is 1.00 bits per heavy atom. The first kappa shape index (κ1) is 12.6. The van der Waals surface area contributed by atoms with Gasteiger partial charge < -0.3 is 5.11 Å². The first-order valence-corrected chi connectivity index (χ1v) is 5.98. The Hall–Kier alpha value is -1.82. The second-order valence-corrected chi connectivity index (χ2v) is 4.45. The van der Waals surface area contributed by atoms with Crippen molar-refractivity contribution in [2.75, 3.05) is 18.3 Å². The molecule has 0 amide bonds. The third kappa shape index (κ3) is 2.24. The molecule has 2 heterocycles. The summed E-state index contributed by atoms with van der Waals surface area (Å²) in [4.78, 5) is 3.54. The van der Waals surface area contributed by atoms with Crippen LogP contribution in [0.2, 0.25) is 0 Å². The summed E-state index contributed by atoms with van der Waals surface area (Å²) < 4.78 is 0. The van der Waals surface area contributed by atoms with Crippen LogP contribution in [0.4, 0.5) is 0 Å². The number of aliphatic hydroxyl groups is 1. The van der Waals surface area contributed by atoms with Crippen molar-refractivity contribution in [3.8, 4) is 0 Å². The van der Waals surface area contributed by atoms with Gasteiger partial charge in [0.2, 0.25) is 0 Å². The van der Waals surface area contributed by atoms with Crippen LogP contribution in [0.25, 0.3) is 0 Å². The Balaban J connectivity index is 2.46. The summed E-state index contributed by atoms with van der Waals surface area (Å²) in [5.74, 6) is 0. The molecule has 0 fully saturated rings. The molecule has 0 saturated heterocycles. The number of hydrogen-bond donors (Lipinski definition) is 1. The predicted molar refractivity (Wildman–Crippen MR) is 69.0 cm³/mol. The second kappa shape index (κ2) is 4.81. The quantitative estimate of drug-likeness (QED) is 0.867. The topological polar surface area (TPSA) is 59.1 Å². The smallest absolute Gasteiger partial charge is 0.0838 e. The number of rotatable bonds is 4. The molecule has 6 nitrogen and oxygen atoms in total. The van der Waals surface area contributed by atoms with Gasteiger partial charge in [0.05, 0.1) is 35.9 Å². The fourth-order valence-corrected chi connectivity index (χ4v) is 2.06. The van der Waals surface area contributed by atoms with Crippen LogP contribution in [0.3, 0.4) is 0 Å². The lowest BCUT2D eigenvalue weighted by Crippen LogP contribution is -2.44. The van der Waals surface area contributed by atoms with Crippen molar-refractivity contribution < 1.29 is 5.11 Å². The van der Waals surface area contributed by atoms with E-state index >= 15 is 0 Å². The predicted octanol–water partition coefficient (Wildman–Crippen LogP) is 0.707. The monoisotopic (exact) mass is 249 g/mol. The van der Waals surface area contributed by atoms with Crippen LogP contribution in [0.5, 0.6) is 0 Å². The standard InChI is InChI=1S/C12H19N5O/c1-9-7-11(3)16(13-9)15(5-6-18)17-12(4)8-10(2)14-17/h7-8,18H,5-6H2,1-4H3. The molecule has 0 radical (unpaired) electrons. The second-order valence-electron chi connectivity index (χ2n) is 4.45. The van der Waals surface area contributed by atoms with Crippen LogP contribution in [0.15, 0.2) is 12.1 Å². The Bertz CT molecular complexity index is 496. The van der Waals surface area contributed by atoms with Crippen molar-refractivity contribution in [1.29, 1.82) is 0 Å². The van der Waals surface area contributed by atoms with Crippen LogP contribution in [0, 0.1) is 27.7 Å². The molecule has 98 valence electrons. The molecule has 0 spiro atoms. The molecule has 0 aliphatic carbocycles. The zero-order chi connectivity index (χ0) is 13.3. The van der Waals surface area contributed by atoms with E-state index in [-0.39, 0.29) is 6.61 Å². The first-order valence-electron chi connectivity index (χ1n) is 5.98. The summed E-state index contributed by atoms with van der Waals surface area (Å²) in [5, 5.41) is 19.9. The molecule has 2 rings (SSSR count). The molecule has 0 aliphatic heterocycles. The van der Waals surface area contributed by atoms with Gasteiger partial charge in [-0.15, -0.1) is 0 Å². The minimum absolute atomic E-state index is 0.0384. The van der Waals surface area contributed by atoms with E-state index in [9.17, 15) is 5.11 Å². The number of nitrogens with zero attached hydrogens (tertiary/aromatic N) is 5. The van der Waals surface area contributed by atoms with Crippen molar-refractivity contribution in [1.82, 2.24) is 19.8 Å². The molecule has 0 atom stereocenters. The summed E-state index contributed by atoms with van der Waals surface area (Å²) in [7, 11) is 0. The van der Waals surface area contributed by atoms with E-state index in [0.717, 1.165) is 22.8 Å². The normalized spacial score (nSPS) is 10.9. The van der Waals surface area contributed by atoms with E-state index in [0.29, 0.717) is 6.54 Å². The Labute approximate surface area is 106 Å². The van der Waals surface area contributed by atoms with Gasteiger partial charge in [0.15, 0.2) is 0 Å².